The van der Waals surface area contributed by atoms with Crippen LogP contribution in [0.2, 0.25) is 0 Å². The van der Waals surface area contributed by atoms with E-state index in [-0.39, 0.29) is 6.67 Å². The van der Waals surface area contributed by atoms with Crippen LogP contribution < -0.4 is 5.73 Å². The van der Waals surface area contributed by atoms with Crippen LogP contribution in [-0.2, 0) is 30.5 Å². The molecule has 2 aliphatic rings. The van der Waals surface area contributed by atoms with E-state index in [9.17, 15) is 9.18 Å². The Hall–Kier alpha value is -1.48. The van der Waals surface area contributed by atoms with Crippen molar-refractivity contribution in [3.05, 3.63) is 44.8 Å². The lowest BCUT2D eigenvalue weighted by atomic mass is 9.87. The van der Waals surface area contributed by atoms with Crippen LogP contribution in [0.4, 0.5) is 4.39 Å². The fourth-order valence-corrected chi connectivity index (χ4v) is 6.32. The van der Waals surface area contributed by atoms with Crippen molar-refractivity contribution in [1.29, 1.82) is 0 Å². The molecule has 1 saturated carbocycles. The molecule has 3 heterocycles. The van der Waals surface area contributed by atoms with Gasteiger partial charge in [-0.1, -0.05) is 46.0 Å². The Balaban J connectivity index is 0.000000723. The highest BCUT2D eigenvalue weighted by atomic mass is 32.1. The van der Waals surface area contributed by atoms with E-state index in [1.54, 1.807) is 17.5 Å². The number of nitrogens with two attached hydrogens (primary N) is 1. The van der Waals surface area contributed by atoms with Gasteiger partial charge in [-0.05, 0) is 45.7 Å². The van der Waals surface area contributed by atoms with Gasteiger partial charge >= 0.3 is 0 Å². The van der Waals surface area contributed by atoms with E-state index < -0.39 is 0 Å². The van der Waals surface area contributed by atoms with Crippen LogP contribution in [0.25, 0.3) is 0 Å². The molecule has 2 N–H and O–H groups in total. The van der Waals surface area contributed by atoms with Gasteiger partial charge < -0.3 is 15.4 Å². The minimum absolute atomic E-state index is 0.223. The molecular weight excluding hydrogens is 503 g/mol. The molecule has 2 aromatic heterocycles. The molecule has 212 valence electrons. The number of fused-ring (bicyclic) bond motifs is 1. The molecule has 0 radical (unpaired) electrons. The number of hydrogen-bond acceptors (Lipinski definition) is 7. The zero-order chi connectivity index (χ0) is 27.9. The van der Waals surface area contributed by atoms with E-state index in [2.05, 4.69) is 28.8 Å². The van der Waals surface area contributed by atoms with Crippen molar-refractivity contribution >= 4 is 29.0 Å². The Morgan fingerprint density at radius 1 is 1.14 bits per heavy atom. The summed E-state index contributed by atoms with van der Waals surface area (Å²) in [6, 6.07) is 0. The number of halogens is 1. The summed E-state index contributed by atoms with van der Waals surface area (Å²) >= 11 is 3.40. The van der Waals surface area contributed by atoms with Gasteiger partial charge in [0.1, 0.15) is 6.29 Å². The van der Waals surface area contributed by atoms with E-state index in [4.69, 9.17) is 4.98 Å². The van der Waals surface area contributed by atoms with Crippen LogP contribution in [0.1, 0.15) is 84.3 Å². The fourth-order valence-electron chi connectivity index (χ4n) is 4.43. The third-order valence-electron chi connectivity index (χ3n) is 6.20. The molecule has 2 aromatic rings. The number of carbonyl (C=O) groups excluding carboxylic acids is 1. The van der Waals surface area contributed by atoms with Gasteiger partial charge in [0, 0.05) is 48.3 Å². The molecule has 0 spiro atoms. The summed E-state index contributed by atoms with van der Waals surface area (Å²) in [6.07, 6.45) is 15.5. The number of rotatable bonds is 8. The molecule has 8 heteroatoms. The largest absolute Gasteiger partial charge is 0.333 e. The Labute approximate surface area is 233 Å². The van der Waals surface area contributed by atoms with E-state index in [0.29, 0.717) is 12.8 Å². The molecule has 0 aromatic carbocycles. The zero-order valence-corrected chi connectivity index (χ0v) is 25.4. The highest BCUT2D eigenvalue weighted by molar-refractivity contribution is 7.12. The Kier molecular flexibility index (Phi) is 22.7. The number of nitrogens with zero attached hydrogens (tertiary/aromatic N) is 3. The van der Waals surface area contributed by atoms with Crippen molar-refractivity contribution in [2.75, 3.05) is 33.4 Å². The maximum Gasteiger partial charge on any atom is 0.125 e. The molecule has 5 nitrogen and oxygen atoms in total. The van der Waals surface area contributed by atoms with Crippen LogP contribution in [0.15, 0.2) is 19.4 Å². The first kappa shape index (κ1) is 35.5. The molecular formula is C29H51FN4OS2. The number of aromatic nitrogens is 2. The minimum Gasteiger partial charge on any atom is -0.333 e. The van der Waals surface area contributed by atoms with E-state index in [0.717, 1.165) is 52.9 Å². The molecule has 0 saturated heterocycles. The standard InChI is InChI=1S/C18H29FN2S.C6H7NOS.C2H6.C2H4.CH5N/c19-11-4-7-18-20-16-9-13-21(14-10-17(16)22-18)12-8-15-5-2-1-3-6-15;1-5-7-4-6(9-5)2-3-8;3*1-2/h15H,1-14H2;3-4H,2H2,1H3;1-2H3;1-2H2;2H2,1H3. The summed E-state index contributed by atoms with van der Waals surface area (Å²) in [5.41, 5.74) is 5.80. The van der Waals surface area contributed by atoms with E-state index >= 15 is 0 Å². The van der Waals surface area contributed by atoms with Crippen LogP contribution in [0, 0.1) is 12.8 Å². The lowest BCUT2D eigenvalue weighted by Gasteiger charge is -2.26. The van der Waals surface area contributed by atoms with E-state index in [1.807, 2.05) is 32.1 Å². The Morgan fingerprint density at radius 2 is 1.81 bits per heavy atom. The lowest BCUT2D eigenvalue weighted by Crippen LogP contribution is -2.29. The molecule has 0 amide bonds. The Morgan fingerprint density at radius 3 is 2.41 bits per heavy atom. The normalized spacial score (nSPS) is 15.1. The van der Waals surface area contributed by atoms with Crippen LogP contribution in [0.3, 0.4) is 0 Å². The number of carbonyl (C=O) groups is 1. The summed E-state index contributed by atoms with van der Waals surface area (Å²) in [5.74, 6) is 0.983. The van der Waals surface area contributed by atoms with Crippen molar-refractivity contribution < 1.29 is 9.18 Å². The first-order valence-electron chi connectivity index (χ1n) is 13.9. The minimum atomic E-state index is -0.223. The van der Waals surface area contributed by atoms with Gasteiger partial charge in [-0.2, -0.15) is 0 Å². The number of hydrogen-bond donors (Lipinski definition) is 1. The molecule has 0 bridgehead atoms. The third-order valence-corrected chi connectivity index (χ3v) is 8.35. The van der Waals surface area contributed by atoms with Crippen LogP contribution in [0.5, 0.6) is 0 Å². The number of aldehydes is 1. The van der Waals surface area contributed by atoms with Crippen molar-refractivity contribution in [1.82, 2.24) is 14.9 Å². The fraction of sp³-hybridized carbons (Fsp3) is 0.690. The van der Waals surface area contributed by atoms with Gasteiger partial charge in [-0.3, -0.25) is 4.39 Å². The second-order valence-corrected chi connectivity index (χ2v) is 11.1. The molecule has 0 atom stereocenters. The highest BCUT2D eigenvalue weighted by Crippen LogP contribution is 2.28. The quantitative estimate of drug-likeness (QED) is 0.281. The second-order valence-electron chi connectivity index (χ2n) is 8.62. The first-order valence-corrected chi connectivity index (χ1v) is 15.5. The number of alkyl halides is 1. The summed E-state index contributed by atoms with van der Waals surface area (Å²) in [6.45, 7) is 15.3. The van der Waals surface area contributed by atoms with E-state index in [1.165, 1.54) is 69.2 Å². The average molecular weight is 555 g/mol. The lowest BCUT2D eigenvalue weighted by molar-refractivity contribution is -0.107. The summed E-state index contributed by atoms with van der Waals surface area (Å²) in [7, 11) is 1.50. The van der Waals surface area contributed by atoms with Crippen molar-refractivity contribution in [3.63, 3.8) is 0 Å². The van der Waals surface area contributed by atoms with Gasteiger partial charge in [-0.15, -0.1) is 35.8 Å². The maximum absolute atomic E-state index is 12.3. The monoisotopic (exact) mass is 554 g/mol. The number of thiazole rings is 2. The zero-order valence-electron chi connectivity index (χ0n) is 23.8. The van der Waals surface area contributed by atoms with Gasteiger partial charge in [0.25, 0.3) is 0 Å². The van der Waals surface area contributed by atoms with Gasteiger partial charge in [-0.25, -0.2) is 9.97 Å². The van der Waals surface area contributed by atoms with Crippen molar-refractivity contribution in [2.45, 2.75) is 91.4 Å². The molecule has 0 unspecified atom stereocenters. The summed E-state index contributed by atoms with van der Waals surface area (Å²) in [5, 5.41) is 2.17. The SMILES string of the molecule is C=C.CC.CN.Cc1ncc(CC=O)s1.FCCCc1nc2c(s1)CCN(CCC1CCCCC1)CC2. The van der Waals surface area contributed by atoms with Crippen molar-refractivity contribution in [2.24, 2.45) is 11.7 Å². The topological polar surface area (TPSA) is 72.1 Å². The van der Waals surface area contributed by atoms with Gasteiger partial charge in [0.05, 0.1) is 22.4 Å². The smallest absolute Gasteiger partial charge is 0.125 e. The molecule has 4 rings (SSSR count). The third kappa shape index (κ3) is 14.9. The highest BCUT2D eigenvalue weighted by Gasteiger charge is 2.20. The predicted octanol–water partition coefficient (Wildman–Crippen LogP) is 7.01. The van der Waals surface area contributed by atoms with Crippen LogP contribution in [-0.4, -0.2) is 54.5 Å². The van der Waals surface area contributed by atoms with Gasteiger partial charge in [0.15, 0.2) is 0 Å². The molecule has 1 aliphatic carbocycles. The number of aryl methyl sites for hydroxylation is 2. The molecule has 1 fully saturated rings. The maximum atomic E-state index is 12.3. The predicted molar refractivity (Wildman–Crippen MR) is 161 cm³/mol. The summed E-state index contributed by atoms with van der Waals surface area (Å²) < 4.78 is 12.3. The summed E-state index contributed by atoms with van der Waals surface area (Å²) in [4.78, 5) is 23.9. The van der Waals surface area contributed by atoms with Crippen LogP contribution >= 0.6 is 22.7 Å². The molecule has 37 heavy (non-hydrogen) atoms. The molecule has 1 aliphatic heterocycles. The average Bonchev–Trinajstić information content (AvgIpc) is 3.51. The first-order chi connectivity index (χ1) is 18.2. The van der Waals surface area contributed by atoms with Crippen molar-refractivity contribution in [3.8, 4) is 0 Å². The van der Waals surface area contributed by atoms with Gasteiger partial charge in [0.2, 0.25) is 0 Å². The Bertz CT molecular complexity index is 780. The second kappa shape index (κ2) is 23.6.